The molecule has 1 aliphatic rings. The van der Waals surface area contributed by atoms with E-state index in [1.807, 2.05) is 36.5 Å². The molecule has 0 radical (unpaired) electrons. The standard InChI is InChI=1S/C17H15BrN2O2/c1-22-17(21)16(12-6-4-2-3-5-7-12)20-14-9-8-13(11-19)15(18)10-14/h2-10,12,16,20H,1H3. The zero-order valence-corrected chi connectivity index (χ0v) is 13.6. The van der Waals surface area contributed by atoms with Crippen LogP contribution in [-0.2, 0) is 9.53 Å². The quantitative estimate of drug-likeness (QED) is 0.835. The highest BCUT2D eigenvalue weighted by Crippen LogP contribution is 2.24. The lowest BCUT2D eigenvalue weighted by Crippen LogP contribution is -2.36. The van der Waals surface area contributed by atoms with Gasteiger partial charge in [-0.1, -0.05) is 36.5 Å². The molecule has 112 valence electrons. The van der Waals surface area contributed by atoms with Crippen LogP contribution in [0.25, 0.3) is 0 Å². The van der Waals surface area contributed by atoms with Gasteiger partial charge in [-0.15, -0.1) is 0 Å². The summed E-state index contributed by atoms with van der Waals surface area (Å²) in [6, 6.07) is 6.78. The first-order valence-electron chi connectivity index (χ1n) is 6.71. The summed E-state index contributed by atoms with van der Waals surface area (Å²) in [5.41, 5.74) is 1.28. The third-order valence-electron chi connectivity index (χ3n) is 3.25. The predicted molar refractivity (Wildman–Crippen MR) is 89.2 cm³/mol. The van der Waals surface area contributed by atoms with Gasteiger partial charge >= 0.3 is 5.97 Å². The van der Waals surface area contributed by atoms with Crippen LogP contribution in [0.5, 0.6) is 0 Å². The summed E-state index contributed by atoms with van der Waals surface area (Å²) in [6.45, 7) is 0. The third kappa shape index (κ3) is 3.86. The summed E-state index contributed by atoms with van der Waals surface area (Å²) >= 11 is 3.34. The molecule has 0 aliphatic heterocycles. The van der Waals surface area contributed by atoms with Crippen LogP contribution >= 0.6 is 15.9 Å². The Balaban J connectivity index is 2.25. The van der Waals surface area contributed by atoms with Crippen LogP contribution in [0, 0.1) is 17.2 Å². The average Bonchev–Trinajstić information content (AvgIpc) is 2.81. The van der Waals surface area contributed by atoms with Crippen molar-refractivity contribution in [2.75, 3.05) is 12.4 Å². The molecule has 0 heterocycles. The van der Waals surface area contributed by atoms with Gasteiger partial charge in [0, 0.05) is 16.1 Å². The molecule has 0 saturated carbocycles. The normalized spacial score (nSPS) is 15.0. The van der Waals surface area contributed by atoms with Crippen molar-refractivity contribution in [2.24, 2.45) is 5.92 Å². The lowest BCUT2D eigenvalue weighted by Gasteiger charge is -2.22. The largest absolute Gasteiger partial charge is 0.467 e. The summed E-state index contributed by atoms with van der Waals surface area (Å²) in [5.74, 6) is -0.474. The number of halogens is 1. The van der Waals surface area contributed by atoms with E-state index in [2.05, 4.69) is 27.3 Å². The minimum absolute atomic E-state index is 0.128. The Morgan fingerprint density at radius 1 is 1.32 bits per heavy atom. The Labute approximate surface area is 137 Å². The van der Waals surface area contributed by atoms with E-state index in [1.165, 1.54) is 7.11 Å². The first kappa shape index (κ1) is 16.1. The molecular formula is C17H15BrN2O2. The van der Waals surface area contributed by atoms with Crippen LogP contribution < -0.4 is 5.32 Å². The Hall–Kier alpha value is -2.32. The lowest BCUT2D eigenvalue weighted by molar-refractivity contribution is -0.142. The van der Waals surface area contributed by atoms with Crippen LogP contribution in [-0.4, -0.2) is 19.1 Å². The molecule has 4 nitrogen and oxygen atoms in total. The van der Waals surface area contributed by atoms with Gasteiger partial charge in [0.2, 0.25) is 0 Å². The molecule has 1 atom stereocenters. The molecule has 0 aromatic heterocycles. The van der Waals surface area contributed by atoms with Gasteiger partial charge in [0.1, 0.15) is 12.1 Å². The number of anilines is 1. The van der Waals surface area contributed by atoms with E-state index in [0.717, 1.165) is 5.69 Å². The number of hydrogen-bond acceptors (Lipinski definition) is 4. The molecule has 1 N–H and O–H groups in total. The molecule has 1 aliphatic carbocycles. The molecule has 0 spiro atoms. The van der Waals surface area contributed by atoms with Crippen LogP contribution in [0.2, 0.25) is 0 Å². The van der Waals surface area contributed by atoms with Gasteiger partial charge in [0.05, 0.1) is 12.7 Å². The minimum Gasteiger partial charge on any atom is -0.467 e. The molecule has 0 amide bonds. The summed E-state index contributed by atoms with van der Waals surface area (Å²) in [6.07, 6.45) is 11.5. The number of allylic oxidation sites excluding steroid dienone is 4. The van der Waals surface area contributed by atoms with Gasteiger partial charge < -0.3 is 10.1 Å². The highest BCUT2D eigenvalue weighted by Gasteiger charge is 2.26. The van der Waals surface area contributed by atoms with Crippen molar-refractivity contribution in [1.29, 1.82) is 5.26 Å². The maximum atomic E-state index is 12.1. The van der Waals surface area contributed by atoms with Gasteiger partial charge in [-0.3, -0.25) is 0 Å². The molecule has 0 bridgehead atoms. The first-order valence-corrected chi connectivity index (χ1v) is 7.50. The van der Waals surface area contributed by atoms with E-state index < -0.39 is 6.04 Å². The van der Waals surface area contributed by atoms with Gasteiger partial charge in [-0.2, -0.15) is 5.26 Å². The molecule has 2 rings (SSSR count). The van der Waals surface area contributed by atoms with Crippen molar-refractivity contribution < 1.29 is 9.53 Å². The number of nitriles is 1. The molecule has 22 heavy (non-hydrogen) atoms. The zero-order valence-electron chi connectivity index (χ0n) is 12.0. The second kappa shape index (κ2) is 7.62. The maximum Gasteiger partial charge on any atom is 0.329 e. The zero-order chi connectivity index (χ0) is 15.9. The molecule has 1 aromatic carbocycles. The number of carbonyl (C=O) groups excluding carboxylic acids is 1. The monoisotopic (exact) mass is 358 g/mol. The minimum atomic E-state index is -0.544. The Morgan fingerprint density at radius 2 is 2.00 bits per heavy atom. The fourth-order valence-electron chi connectivity index (χ4n) is 2.11. The van der Waals surface area contributed by atoms with Gasteiger partial charge in [-0.05, 0) is 34.1 Å². The molecule has 5 heteroatoms. The first-order chi connectivity index (χ1) is 10.7. The summed E-state index contributed by atoms with van der Waals surface area (Å²) in [7, 11) is 1.37. The highest BCUT2D eigenvalue weighted by atomic mass is 79.9. The highest BCUT2D eigenvalue weighted by molar-refractivity contribution is 9.10. The maximum absolute atomic E-state index is 12.1. The van der Waals surface area contributed by atoms with Crippen LogP contribution in [0.3, 0.4) is 0 Å². The number of carbonyl (C=O) groups is 1. The summed E-state index contributed by atoms with van der Waals surface area (Å²) in [4.78, 5) is 12.1. The van der Waals surface area contributed by atoms with E-state index in [0.29, 0.717) is 10.0 Å². The number of hydrogen-bond donors (Lipinski definition) is 1. The van der Waals surface area contributed by atoms with E-state index in [4.69, 9.17) is 10.00 Å². The number of benzene rings is 1. The Kier molecular flexibility index (Phi) is 5.56. The van der Waals surface area contributed by atoms with Gasteiger partial charge in [0.25, 0.3) is 0 Å². The van der Waals surface area contributed by atoms with Crippen LogP contribution in [0.15, 0.2) is 59.1 Å². The lowest BCUT2D eigenvalue weighted by atomic mass is 9.98. The smallest absolute Gasteiger partial charge is 0.329 e. The molecule has 1 aromatic rings. The van der Waals surface area contributed by atoms with Crippen LogP contribution in [0.1, 0.15) is 5.56 Å². The summed E-state index contributed by atoms with van der Waals surface area (Å²) < 4.78 is 5.58. The molecule has 1 unspecified atom stereocenters. The van der Waals surface area contributed by atoms with Gasteiger partial charge in [0.15, 0.2) is 0 Å². The van der Waals surface area contributed by atoms with Crippen molar-refractivity contribution in [3.05, 3.63) is 64.7 Å². The van der Waals surface area contributed by atoms with E-state index in [1.54, 1.807) is 18.2 Å². The fraction of sp³-hybridized carbons (Fsp3) is 0.176. The molecule has 0 saturated heterocycles. The average molecular weight is 359 g/mol. The van der Waals surface area contributed by atoms with E-state index in [9.17, 15) is 4.79 Å². The number of nitrogens with one attached hydrogen (secondary N) is 1. The van der Waals surface area contributed by atoms with Crippen molar-refractivity contribution in [3.8, 4) is 6.07 Å². The number of ether oxygens (including phenoxy) is 1. The Bertz CT molecular complexity index is 670. The van der Waals surface area contributed by atoms with Crippen molar-refractivity contribution in [3.63, 3.8) is 0 Å². The fourth-order valence-corrected chi connectivity index (χ4v) is 2.58. The number of nitrogens with zero attached hydrogens (tertiary/aromatic N) is 1. The number of rotatable bonds is 4. The predicted octanol–water partition coefficient (Wildman–Crippen LogP) is 3.57. The SMILES string of the molecule is COC(=O)C(Nc1ccc(C#N)c(Br)c1)C1C=CC=CC=C1. The summed E-state index contributed by atoms with van der Waals surface area (Å²) in [5, 5.41) is 12.1. The topological polar surface area (TPSA) is 62.1 Å². The van der Waals surface area contributed by atoms with E-state index >= 15 is 0 Å². The number of esters is 1. The van der Waals surface area contributed by atoms with Crippen molar-refractivity contribution in [2.45, 2.75) is 6.04 Å². The van der Waals surface area contributed by atoms with E-state index in [-0.39, 0.29) is 11.9 Å². The Morgan fingerprint density at radius 3 is 2.55 bits per heavy atom. The number of methoxy groups -OCH3 is 1. The van der Waals surface area contributed by atoms with Gasteiger partial charge in [-0.25, -0.2) is 4.79 Å². The molecule has 0 fully saturated rings. The van der Waals surface area contributed by atoms with Crippen molar-refractivity contribution in [1.82, 2.24) is 0 Å². The van der Waals surface area contributed by atoms with Crippen LogP contribution in [0.4, 0.5) is 5.69 Å². The second-order valence-electron chi connectivity index (χ2n) is 4.68. The third-order valence-corrected chi connectivity index (χ3v) is 3.91. The second-order valence-corrected chi connectivity index (χ2v) is 5.54. The molecular weight excluding hydrogens is 344 g/mol. The van der Waals surface area contributed by atoms with Crippen molar-refractivity contribution >= 4 is 27.6 Å².